The number of rotatable bonds is 2. The molecular weight excluding hydrogens is 183 g/mol. The van der Waals surface area contributed by atoms with E-state index >= 15 is 0 Å². The van der Waals surface area contributed by atoms with Crippen molar-refractivity contribution in [3.8, 4) is 0 Å². The minimum absolute atomic E-state index is 0.0992. The Morgan fingerprint density at radius 2 is 2.00 bits per heavy atom. The lowest BCUT2D eigenvalue weighted by Gasteiger charge is -1.97. The minimum atomic E-state index is -0.0992. The normalized spacial score (nSPS) is 10.2. The Bertz CT molecular complexity index is 378. The number of hydrogen-bond donors (Lipinski definition) is 0. The standard InChI is InChI=1S/C11H8FS/c12-10-6-7-13-11(10)8-9-4-2-1-3-5-9/h2-7H,8H2. The highest BCUT2D eigenvalue weighted by atomic mass is 32.1. The summed E-state index contributed by atoms with van der Waals surface area (Å²) in [6.07, 6.45) is 0.679. The van der Waals surface area contributed by atoms with Crippen LogP contribution < -0.4 is 0 Å². The second kappa shape index (κ2) is 3.71. The van der Waals surface area contributed by atoms with Crippen LogP contribution in [0.1, 0.15) is 10.4 Å². The summed E-state index contributed by atoms with van der Waals surface area (Å²) in [4.78, 5) is 0.797. The van der Waals surface area contributed by atoms with Crippen LogP contribution in [0, 0.1) is 11.9 Å². The zero-order chi connectivity index (χ0) is 9.10. The highest BCUT2D eigenvalue weighted by Gasteiger charge is 2.03. The summed E-state index contributed by atoms with van der Waals surface area (Å²) in [5.41, 5.74) is 1.13. The van der Waals surface area contributed by atoms with Gasteiger partial charge in [0.2, 0.25) is 0 Å². The lowest BCUT2D eigenvalue weighted by Crippen LogP contribution is -1.85. The Labute approximate surface area is 80.7 Å². The van der Waals surface area contributed by atoms with E-state index in [-0.39, 0.29) is 5.82 Å². The molecule has 2 aromatic rings. The summed E-state index contributed by atoms with van der Waals surface area (Å²) in [6.45, 7) is 0. The van der Waals surface area contributed by atoms with Crippen molar-refractivity contribution in [1.29, 1.82) is 0 Å². The summed E-state index contributed by atoms with van der Waals surface area (Å²) < 4.78 is 13.0. The molecule has 0 saturated heterocycles. The van der Waals surface area contributed by atoms with Crippen molar-refractivity contribution in [3.63, 3.8) is 0 Å². The second-order valence-electron chi connectivity index (χ2n) is 2.78. The number of thiophene rings is 1. The minimum Gasteiger partial charge on any atom is -0.206 e. The topological polar surface area (TPSA) is 0 Å². The van der Waals surface area contributed by atoms with Crippen molar-refractivity contribution in [3.05, 3.63) is 58.0 Å². The molecule has 65 valence electrons. The van der Waals surface area contributed by atoms with Gasteiger partial charge in [-0.3, -0.25) is 0 Å². The Morgan fingerprint density at radius 3 is 2.62 bits per heavy atom. The van der Waals surface area contributed by atoms with Gasteiger partial charge >= 0.3 is 0 Å². The van der Waals surface area contributed by atoms with Gasteiger partial charge < -0.3 is 0 Å². The Kier molecular flexibility index (Phi) is 2.41. The van der Waals surface area contributed by atoms with Crippen LogP contribution in [-0.2, 0) is 6.42 Å². The van der Waals surface area contributed by atoms with Gasteiger partial charge in [-0.2, -0.15) is 0 Å². The van der Waals surface area contributed by atoms with E-state index in [2.05, 4.69) is 6.07 Å². The fourth-order valence-electron chi connectivity index (χ4n) is 1.18. The molecule has 0 N–H and O–H groups in total. The van der Waals surface area contributed by atoms with Crippen LogP contribution in [0.3, 0.4) is 0 Å². The van der Waals surface area contributed by atoms with Gasteiger partial charge in [-0.25, -0.2) is 4.39 Å². The molecule has 0 nitrogen and oxygen atoms in total. The van der Waals surface area contributed by atoms with Gasteiger partial charge in [-0.15, -0.1) is 11.3 Å². The van der Waals surface area contributed by atoms with Crippen molar-refractivity contribution >= 4 is 11.3 Å². The van der Waals surface area contributed by atoms with Crippen LogP contribution in [0.2, 0.25) is 0 Å². The van der Waals surface area contributed by atoms with E-state index < -0.39 is 0 Å². The molecule has 13 heavy (non-hydrogen) atoms. The van der Waals surface area contributed by atoms with Crippen molar-refractivity contribution in [2.24, 2.45) is 0 Å². The van der Waals surface area contributed by atoms with E-state index in [4.69, 9.17) is 0 Å². The van der Waals surface area contributed by atoms with Crippen molar-refractivity contribution in [2.75, 3.05) is 0 Å². The first-order valence-corrected chi connectivity index (χ1v) is 4.91. The van der Waals surface area contributed by atoms with Gasteiger partial charge in [0, 0.05) is 11.3 Å². The maximum atomic E-state index is 13.0. The van der Waals surface area contributed by atoms with Gasteiger partial charge in [0.25, 0.3) is 0 Å². The molecular formula is C11H8FS. The van der Waals surface area contributed by atoms with Gasteiger partial charge in [-0.1, -0.05) is 24.3 Å². The molecule has 0 atom stereocenters. The SMILES string of the molecule is Fc1ccsc1Cc1cc[c]cc1. The zero-order valence-electron chi connectivity index (χ0n) is 6.96. The van der Waals surface area contributed by atoms with Crippen LogP contribution in [0.5, 0.6) is 0 Å². The predicted molar refractivity (Wildman–Crippen MR) is 52.4 cm³/mol. The molecule has 0 unspecified atom stereocenters. The van der Waals surface area contributed by atoms with Crippen LogP contribution in [-0.4, -0.2) is 0 Å². The average molecular weight is 191 g/mol. The molecule has 0 aliphatic heterocycles. The average Bonchev–Trinajstić information content (AvgIpc) is 2.54. The maximum absolute atomic E-state index is 13.0. The monoisotopic (exact) mass is 191 g/mol. The lowest BCUT2D eigenvalue weighted by atomic mass is 10.1. The van der Waals surface area contributed by atoms with Gasteiger partial charge in [0.1, 0.15) is 5.82 Å². The summed E-state index contributed by atoms with van der Waals surface area (Å²) in [5.74, 6) is -0.0992. The molecule has 0 spiro atoms. The number of benzene rings is 1. The smallest absolute Gasteiger partial charge is 0.137 e. The van der Waals surface area contributed by atoms with E-state index in [0.29, 0.717) is 6.42 Å². The molecule has 1 aromatic heterocycles. The lowest BCUT2D eigenvalue weighted by molar-refractivity contribution is 0.622. The first-order chi connectivity index (χ1) is 6.36. The summed E-state index contributed by atoms with van der Waals surface area (Å²) in [7, 11) is 0. The molecule has 2 heteroatoms. The molecule has 0 aliphatic carbocycles. The van der Waals surface area contributed by atoms with Crippen molar-refractivity contribution < 1.29 is 4.39 Å². The largest absolute Gasteiger partial charge is 0.206 e. The van der Waals surface area contributed by atoms with Crippen LogP contribution in [0.15, 0.2) is 35.7 Å². The molecule has 2 rings (SSSR count). The Hall–Kier alpha value is -1.15. The Balaban J connectivity index is 2.20. The highest BCUT2D eigenvalue weighted by molar-refractivity contribution is 7.09. The fraction of sp³-hybridized carbons (Fsp3) is 0.0909. The third-order valence-corrected chi connectivity index (χ3v) is 2.74. The van der Waals surface area contributed by atoms with E-state index in [0.717, 1.165) is 10.4 Å². The molecule has 0 amide bonds. The van der Waals surface area contributed by atoms with Crippen molar-refractivity contribution in [1.82, 2.24) is 0 Å². The fourth-order valence-corrected chi connectivity index (χ4v) is 1.96. The first-order valence-electron chi connectivity index (χ1n) is 4.03. The van der Waals surface area contributed by atoms with E-state index in [1.54, 1.807) is 5.38 Å². The summed E-state index contributed by atoms with van der Waals surface area (Å²) in [6, 6.07) is 12.1. The van der Waals surface area contributed by atoms with Crippen LogP contribution in [0.4, 0.5) is 4.39 Å². The van der Waals surface area contributed by atoms with E-state index in [1.165, 1.54) is 17.4 Å². The summed E-state index contributed by atoms with van der Waals surface area (Å²) in [5, 5.41) is 1.78. The van der Waals surface area contributed by atoms with Gasteiger partial charge in [-0.05, 0) is 23.1 Å². The van der Waals surface area contributed by atoms with Crippen LogP contribution >= 0.6 is 11.3 Å². The molecule has 0 saturated carbocycles. The number of hydrogen-bond acceptors (Lipinski definition) is 1. The van der Waals surface area contributed by atoms with Crippen LogP contribution in [0.25, 0.3) is 0 Å². The third-order valence-electron chi connectivity index (χ3n) is 1.84. The highest BCUT2D eigenvalue weighted by Crippen LogP contribution is 2.18. The summed E-state index contributed by atoms with van der Waals surface area (Å²) >= 11 is 1.46. The maximum Gasteiger partial charge on any atom is 0.137 e. The number of halogens is 1. The molecule has 1 aromatic carbocycles. The third kappa shape index (κ3) is 1.95. The molecule has 1 radical (unpaired) electrons. The second-order valence-corrected chi connectivity index (χ2v) is 3.78. The van der Waals surface area contributed by atoms with Gasteiger partial charge in [0.05, 0.1) is 0 Å². The molecule has 0 aliphatic rings. The molecule has 1 heterocycles. The predicted octanol–water partition coefficient (Wildman–Crippen LogP) is 3.28. The van der Waals surface area contributed by atoms with Crippen molar-refractivity contribution in [2.45, 2.75) is 6.42 Å². The zero-order valence-corrected chi connectivity index (χ0v) is 7.77. The quantitative estimate of drug-likeness (QED) is 0.683. The van der Waals surface area contributed by atoms with Gasteiger partial charge in [0.15, 0.2) is 0 Å². The molecule has 0 bridgehead atoms. The molecule has 0 fully saturated rings. The van der Waals surface area contributed by atoms with E-state index in [1.807, 2.05) is 24.3 Å². The Morgan fingerprint density at radius 1 is 1.23 bits per heavy atom. The first kappa shape index (κ1) is 8.45. The van der Waals surface area contributed by atoms with E-state index in [9.17, 15) is 4.39 Å².